The van der Waals surface area contributed by atoms with Gasteiger partial charge in [0.1, 0.15) is 5.82 Å². The van der Waals surface area contributed by atoms with Crippen molar-refractivity contribution in [2.45, 2.75) is 38.6 Å². The van der Waals surface area contributed by atoms with Crippen LogP contribution in [0.5, 0.6) is 0 Å². The first kappa shape index (κ1) is 16.1. The third kappa shape index (κ3) is 2.64. The zero-order chi connectivity index (χ0) is 15.5. The summed E-state index contributed by atoms with van der Waals surface area (Å²) in [4.78, 5) is 22.3. The van der Waals surface area contributed by atoms with Crippen molar-refractivity contribution >= 4 is 5.97 Å². The minimum atomic E-state index is -2.11. The van der Waals surface area contributed by atoms with Crippen molar-refractivity contribution in [1.29, 1.82) is 0 Å². The lowest BCUT2D eigenvalue weighted by molar-refractivity contribution is -0.562. The molecule has 0 aliphatic heterocycles. The molecule has 0 amide bonds. The van der Waals surface area contributed by atoms with E-state index in [1.54, 1.807) is 13.8 Å². The molecule has 1 aromatic rings. The van der Waals surface area contributed by atoms with E-state index in [1.165, 1.54) is 31.2 Å². The predicted molar refractivity (Wildman–Crippen MR) is 71.6 cm³/mol. The van der Waals surface area contributed by atoms with Gasteiger partial charge in [-0.3, -0.25) is 10.1 Å². The quantitative estimate of drug-likeness (QED) is 0.642. The average molecular weight is 283 g/mol. The van der Waals surface area contributed by atoms with Gasteiger partial charge in [0.05, 0.1) is 5.92 Å². The first-order valence-corrected chi connectivity index (χ1v) is 6.40. The number of carbonyl (C=O) groups is 1. The molecule has 2 unspecified atom stereocenters. The van der Waals surface area contributed by atoms with Crippen molar-refractivity contribution in [3.8, 4) is 0 Å². The number of aliphatic carboxylic acids is 1. The summed E-state index contributed by atoms with van der Waals surface area (Å²) in [5.41, 5.74) is -1.64. The number of carboxylic acids is 1. The smallest absolute Gasteiger partial charge is 0.383 e. The van der Waals surface area contributed by atoms with Gasteiger partial charge in [-0.05, 0) is 23.6 Å². The Labute approximate surface area is 116 Å². The third-order valence-electron chi connectivity index (χ3n) is 3.65. The summed E-state index contributed by atoms with van der Waals surface area (Å²) in [7, 11) is 0. The summed E-state index contributed by atoms with van der Waals surface area (Å²) in [6.45, 7) is 4.94. The molecule has 0 radical (unpaired) electrons. The van der Waals surface area contributed by atoms with Crippen LogP contribution in [0.4, 0.5) is 4.39 Å². The molecule has 0 aliphatic carbocycles. The number of hydrogen-bond donors (Lipinski definition) is 1. The standard InChI is InChI=1S/C14H18FNO4/c1-4-14(13(17)18,16(19)20)12(9(2)3)10-5-7-11(15)8-6-10/h5-9,12H,4H2,1-3H3,(H,17,18). The molecule has 20 heavy (non-hydrogen) atoms. The Hall–Kier alpha value is -1.98. The molecule has 6 heteroatoms. The van der Waals surface area contributed by atoms with Gasteiger partial charge < -0.3 is 5.11 Å². The molecule has 0 aliphatic rings. The van der Waals surface area contributed by atoms with Crippen molar-refractivity contribution in [1.82, 2.24) is 0 Å². The van der Waals surface area contributed by atoms with E-state index in [0.29, 0.717) is 5.56 Å². The van der Waals surface area contributed by atoms with Crippen LogP contribution in [0.2, 0.25) is 0 Å². The molecule has 0 heterocycles. The van der Waals surface area contributed by atoms with E-state index in [2.05, 4.69) is 0 Å². The Kier molecular flexibility index (Phi) is 4.81. The number of nitro groups is 1. The molecule has 5 nitrogen and oxygen atoms in total. The highest BCUT2D eigenvalue weighted by molar-refractivity contribution is 5.78. The average Bonchev–Trinajstić information content (AvgIpc) is 2.36. The van der Waals surface area contributed by atoms with Crippen LogP contribution in [0.3, 0.4) is 0 Å². The molecule has 1 N–H and O–H groups in total. The Morgan fingerprint density at radius 1 is 1.40 bits per heavy atom. The van der Waals surface area contributed by atoms with Crippen molar-refractivity contribution in [3.63, 3.8) is 0 Å². The molecule has 0 aromatic heterocycles. The number of halogens is 1. The summed E-state index contributed by atoms with van der Waals surface area (Å²) < 4.78 is 13.0. The van der Waals surface area contributed by atoms with E-state index in [1.807, 2.05) is 0 Å². The lowest BCUT2D eigenvalue weighted by atomic mass is 9.71. The Bertz CT molecular complexity index is 484. The Morgan fingerprint density at radius 2 is 1.90 bits per heavy atom. The van der Waals surface area contributed by atoms with E-state index in [9.17, 15) is 24.4 Å². The van der Waals surface area contributed by atoms with Crippen LogP contribution in [0.15, 0.2) is 24.3 Å². The maximum absolute atomic E-state index is 13.0. The van der Waals surface area contributed by atoms with Crippen molar-refractivity contribution in [2.24, 2.45) is 5.92 Å². The zero-order valence-corrected chi connectivity index (χ0v) is 11.7. The van der Waals surface area contributed by atoms with E-state index in [-0.39, 0.29) is 12.3 Å². The van der Waals surface area contributed by atoms with Gasteiger partial charge in [0.15, 0.2) is 0 Å². The van der Waals surface area contributed by atoms with Gasteiger partial charge >= 0.3 is 11.5 Å². The van der Waals surface area contributed by atoms with Crippen LogP contribution >= 0.6 is 0 Å². The van der Waals surface area contributed by atoms with E-state index in [4.69, 9.17) is 0 Å². The van der Waals surface area contributed by atoms with Crippen molar-refractivity contribution in [3.05, 3.63) is 45.8 Å². The molecule has 2 atom stereocenters. The first-order chi connectivity index (χ1) is 9.27. The third-order valence-corrected chi connectivity index (χ3v) is 3.65. The molecule has 1 aromatic carbocycles. The van der Waals surface area contributed by atoms with Gasteiger partial charge in [-0.25, -0.2) is 9.18 Å². The number of rotatable bonds is 6. The highest BCUT2D eigenvalue weighted by atomic mass is 19.1. The zero-order valence-electron chi connectivity index (χ0n) is 11.7. The van der Waals surface area contributed by atoms with Gasteiger partial charge in [0.2, 0.25) is 0 Å². The van der Waals surface area contributed by atoms with Crippen molar-refractivity contribution in [2.75, 3.05) is 0 Å². The predicted octanol–water partition coefficient (Wildman–Crippen LogP) is 3.08. The fourth-order valence-corrected chi connectivity index (χ4v) is 2.71. The van der Waals surface area contributed by atoms with Gasteiger partial charge in [-0.1, -0.05) is 32.9 Å². The number of nitrogens with zero attached hydrogens (tertiary/aromatic N) is 1. The first-order valence-electron chi connectivity index (χ1n) is 6.40. The molecule has 1 rings (SSSR count). The molecular formula is C14H18FNO4. The summed E-state index contributed by atoms with van der Waals surface area (Å²) in [6, 6.07) is 5.20. The summed E-state index contributed by atoms with van der Waals surface area (Å²) >= 11 is 0. The SMILES string of the molecule is CCC(C(=O)O)(C(c1ccc(F)cc1)C(C)C)[N+](=O)[O-]. The van der Waals surface area contributed by atoms with Gasteiger partial charge in [0.25, 0.3) is 0 Å². The van der Waals surface area contributed by atoms with Gasteiger partial charge in [-0.15, -0.1) is 0 Å². The lowest BCUT2D eigenvalue weighted by Crippen LogP contribution is -2.52. The topological polar surface area (TPSA) is 80.4 Å². The van der Waals surface area contributed by atoms with Crippen LogP contribution in [0.1, 0.15) is 38.7 Å². The second-order valence-electron chi connectivity index (χ2n) is 5.11. The molecular weight excluding hydrogens is 265 g/mol. The normalized spacial score (nSPS) is 15.7. The van der Waals surface area contributed by atoms with E-state index < -0.39 is 28.2 Å². The highest BCUT2D eigenvalue weighted by Gasteiger charge is 2.57. The molecule has 0 saturated heterocycles. The second-order valence-corrected chi connectivity index (χ2v) is 5.11. The summed E-state index contributed by atoms with van der Waals surface area (Å²) in [5, 5.41) is 20.8. The second kappa shape index (κ2) is 5.98. The maximum Gasteiger partial charge on any atom is 0.383 e. The fraction of sp³-hybridized carbons (Fsp3) is 0.500. The highest BCUT2D eigenvalue weighted by Crippen LogP contribution is 2.39. The van der Waals surface area contributed by atoms with Crippen LogP contribution in [-0.4, -0.2) is 21.5 Å². The maximum atomic E-state index is 13.0. The summed E-state index contributed by atoms with van der Waals surface area (Å²) in [6.07, 6.45) is -0.143. The van der Waals surface area contributed by atoms with Gasteiger partial charge in [0, 0.05) is 11.3 Å². The Balaban J connectivity index is 3.47. The molecule has 0 spiro atoms. The minimum Gasteiger partial charge on any atom is -0.476 e. The lowest BCUT2D eigenvalue weighted by Gasteiger charge is -2.31. The Morgan fingerprint density at radius 3 is 2.20 bits per heavy atom. The number of carboxylic acid groups (broad SMARTS) is 1. The minimum absolute atomic E-state index is 0.143. The van der Waals surface area contributed by atoms with E-state index in [0.717, 1.165) is 0 Å². The number of hydrogen-bond acceptors (Lipinski definition) is 3. The molecule has 0 fully saturated rings. The monoisotopic (exact) mass is 283 g/mol. The van der Waals surface area contributed by atoms with Gasteiger partial charge in [-0.2, -0.15) is 0 Å². The molecule has 110 valence electrons. The van der Waals surface area contributed by atoms with Crippen LogP contribution in [0.25, 0.3) is 0 Å². The number of benzene rings is 1. The summed E-state index contributed by atoms with van der Waals surface area (Å²) in [5.74, 6) is -3.04. The molecule has 0 bridgehead atoms. The largest absolute Gasteiger partial charge is 0.476 e. The fourth-order valence-electron chi connectivity index (χ4n) is 2.71. The van der Waals surface area contributed by atoms with Crippen LogP contribution in [0, 0.1) is 21.8 Å². The molecule has 0 saturated carbocycles. The van der Waals surface area contributed by atoms with Crippen LogP contribution < -0.4 is 0 Å². The van der Waals surface area contributed by atoms with E-state index >= 15 is 0 Å². The van der Waals surface area contributed by atoms with Crippen LogP contribution in [-0.2, 0) is 4.79 Å². The van der Waals surface area contributed by atoms with Crippen molar-refractivity contribution < 1.29 is 19.2 Å².